The van der Waals surface area contributed by atoms with Crippen molar-refractivity contribution in [3.05, 3.63) is 17.7 Å². The maximum absolute atomic E-state index is 13.0. The zero-order valence-electron chi connectivity index (χ0n) is 35.6. The molecule has 352 valence electrons. The average Bonchev–Trinajstić information content (AvgIpc) is 3.26. The second-order valence-electron chi connectivity index (χ2n) is 12.0. The van der Waals surface area contributed by atoms with Crippen molar-refractivity contribution in [2.45, 2.75) is 13.3 Å². The molecule has 0 aliphatic rings. The Morgan fingerprint density at radius 3 is 0.883 bits per heavy atom. The van der Waals surface area contributed by atoms with E-state index in [1.54, 1.807) is 12.1 Å². The topological polar surface area (TPSA) is 225 Å². The van der Waals surface area contributed by atoms with Gasteiger partial charge < -0.3 is 91.1 Å². The van der Waals surface area contributed by atoms with E-state index < -0.39 is 5.97 Å². The summed E-state index contributed by atoms with van der Waals surface area (Å²) in [6.07, 6.45) is 0.656. The number of esters is 1. The van der Waals surface area contributed by atoms with Crippen LogP contribution in [0.4, 0.5) is 0 Å². The van der Waals surface area contributed by atoms with E-state index in [0.29, 0.717) is 125 Å². The van der Waals surface area contributed by atoms with Gasteiger partial charge >= 0.3 is 5.97 Å². The fourth-order valence-electron chi connectivity index (χ4n) is 4.43. The molecule has 0 aromatic heterocycles. The number of rotatable bonds is 48. The molecule has 0 atom stereocenters. The van der Waals surface area contributed by atoms with Crippen molar-refractivity contribution in [2.24, 2.45) is 0 Å². The lowest BCUT2D eigenvalue weighted by molar-refractivity contribution is -0.00897. The van der Waals surface area contributed by atoms with E-state index in [2.05, 4.69) is 0 Å². The third-order valence-electron chi connectivity index (χ3n) is 7.19. The van der Waals surface area contributed by atoms with Gasteiger partial charge in [-0.25, -0.2) is 4.79 Å². The van der Waals surface area contributed by atoms with Gasteiger partial charge in [0, 0.05) is 0 Å². The largest absolute Gasteiger partial charge is 0.487 e. The number of carbonyl (C=O) groups excluding carboxylic acids is 1. The first-order valence-electron chi connectivity index (χ1n) is 20.7. The molecule has 1 rings (SSSR count). The number of aliphatic hydroxyl groups is 3. The summed E-state index contributed by atoms with van der Waals surface area (Å²) in [6, 6.07) is 3.10. The van der Waals surface area contributed by atoms with Crippen molar-refractivity contribution in [3.63, 3.8) is 0 Å². The van der Waals surface area contributed by atoms with Crippen LogP contribution in [0.3, 0.4) is 0 Å². The van der Waals surface area contributed by atoms with Gasteiger partial charge in [0.05, 0.1) is 191 Å². The number of hydrogen-bond donors (Lipinski definition) is 3. The van der Waals surface area contributed by atoms with Crippen molar-refractivity contribution in [2.75, 3.05) is 205 Å². The fraction of sp³-hybridized carbons (Fsp3) is 0.825. The van der Waals surface area contributed by atoms with Crippen LogP contribution in [-0.4, -0.2) is 226 Å². The van der Waals surface area contributed by atoms with Crippen LogP contribution in [0.5, 0.6) is 17.2 Å². The molecule has 0 unspecified atom stereocenters. The van der Waals surface area contributed by atoms with Gasteiger partial charge in [-0.3, -0.25) is 0 Å². The number of carbonyl (C=O) groups is 1. The van der Waals surface area contributed by atoms with Gasteiger partial charge in [0.2, 0.25) is 5.75 Å². The molecule has 0 aliphatic heterocycles. The summed E-state index contributed by atoms with van der Waals surface area (Å²) >= 11 is 0. The third kappa shape index (κ3) is 34.1. The van der Waals surface area contributed by atoms with E-state index in [1.807, 2.05) is 6.92 Å². The predicted octanol–water partition coefficient (Wildman–Crippen LogP) is 0.566. The van der Waals surface area contributed by atoms with Crippen LogP contribution in [-0.2, 0) is 61.6 Å². The van der Waals surface area contributed by atoms with Crippen molar-refractivity contribution >= 4 is 5.97 Å². The number of ether oxygens (including phenoxy) is 16. The third-order valence-corrected chi connectivity index (χ3v) is 7.19. The Morgan fingerprint density at radius 2 is 0.617 bits per heavy atom. The molecule has 0 spiro atoms. The van der Waals surface area contributed by atoms with Gasteiger partial charge in [0.25, 0.3) is 0 Å². The van der Waals surface area contributed by atoms with Gasteiger partial charge in [0.1, 0.15) is 19.8 Å². The molecule has 20 heteroatoms. The smallest absolute Gasteiger partial charge is 0.338 e. The summed E-state index contributed by atoms with van der Waals surface area (Å²) in [4.78, 5) is 13.0. The Hall–Kier alpha value is -2.51. The molecule has 0 amide bonds. The van der Waals surface area contributed by atoms with E-state index in [4.69, 9.17) is 91.1 Å². The number of aliphatic hydroxyl groups excluding tert-OH is 3. The monoisotopic (exact) mass is 872 g/mol. The Balaban J connectivity index is 2.67. The van der Waals surface area contributed by atoms with E-state index in [-0.39, 0.29) is 109 Å². The molecule has 20 nitrogen and oxygen atoms in total. The highest BCUT2D eigenvalue weighted by atomic mass is 16.6. The number of benzene rings is 1. The van der Waals surface area contributed by atoms with Crippen LogP contribution in [0.15, 0.2) is 12.1 Å². The van der Waals surface area contributed by atoms with Crippen LogP contribution in [0, 0.1) is 0 Å². The van der Waals surface area contributed by atoms with Gasteiger partial charge in [-0.2, -0.15) is 0 Å². The van der Waals surface area contributed by atoms with Gasteiger partial charge in [-0.1, -0.05) is 6.92 Å². The van der Waals surface area contributed by atoms with E-state index in [0.717, 1.165) is 0 Å². The lowest BCUT2D eigenvalue weighted by Crippen LogP contribution is -2.16. The zero-order chi connectivity index (χ0) is 43.2. The summed E-state index contributed by atoms with van der Waals surface area (Å²) in [5.41, 5.74) is 0.226. The molecule has 3 N–H and O–H groups in total. The highest BCUT2D eigenvalue weighted by molar-refractivity contribution is 5.91. The quantitative estimate of drug-likeness (QED) is 0.0601. The first-order valence-corrected chi connectivity index (χ1v) is 20.7. The zero-order valence-corrected chi connectivity index (χ0v) is 35.6. The van der Waals surface area contributed by atoms with Crippen LogP contribution in [0.2, 0.25) is 0 Å². The first kappa shape index (κ1) is 55.5. The maximum atomic E-state index is 13.0. The van der Waals surface area contributed by atoms with Crippen molar-refractivity contribution in [1.29, 1.82) is 0 Å². The molecule has 60 heavy (non-hydrogen) atoms. The Kier molecular flexibility index (Phi) is 41.2. The minimum atomic E-state index is -0.535. The van der Waals surface area contributed by atoms with Crippen LogP contribution < -0.4 is 14.2 Å². The van der Waals surface area contributed by atoms with Crippen molar-refractivity contribution < 1.29 is 95.9 Å². The second kappa shape index (κ2) is 44.5. The maximum Gasteiger partial charge on any atom is 0.338 e. The average molecular weight is 873 g/mol. The predicted molar refractivity (Wildman–Crippen MR) is 215 cm³/mol. The second-order valence-corrected chi connectivity index (χ2v) is 12.0. The Morgan fingerprint density at radius 1 is 0.367 bits per heavy atom. The highest BCUT2D eigenvalue weighted by Gasteiger charge is 2.20. The van der Waals surface area contributed by atoms with Gasteiger partial charge in [-0.15, -0.1) is 0 Å². The van der Waals surface area contributed by atoms with Crippen molar-refractivity contribution in [1.82, 2.24) is 0 Å². The summed E-state index contributed by atoms with van der Waals surface area (Å²) in [6.45, 7) is 11.1. The molecule has 0 saturated heterocycles. The summed E-state index contributed by atoms with van der Waals surface area (Å²) < 4.78 is 88.9. The van der Waals surface area contributed by atoms with E-state index in [9.17, 15) is 4.79 Å². The number of hydrogen-bond acceptors (Lipinski definition) is 20. The van der Waals surface area contributed by atoms with Gasteiger partial charge in [-0.05, 0) is 18.6 Å². The molecular formula is C40H72O20. The molecular weight excluding hydrogens is 800 g/mol. The molecule has 0 radical (unpaired) electrons. The molecule has 1 aromatic rings. The lowest BCUT2D eigenvalue weighted by Gasteiger charge is -2.19. The molecule has 0 saturated carbocycles. The van der Waals surface area contributed by atoms with Crippen LogP contribution in [0.25, 0.3) is 0 Å². The minimum Gasteiger partial charge on any atom is -0.487 e. The molecule has 0 aliphatic carbocycles. The molecule has 0 heterocycles. The lowest BCUT2D eigenvalue weighted by atomic mass is 10.2. The fourth-order valence-corrected chi connectivity index (χ4v) is 4.43. The normalized spacial score (nSPS) is 11.3. The molecule has 1 aromatic carbocycles. The van der Waals surface area contributed by atoms with E-state index in [1.165, 1.54) is 0 Å². The summed E-state index contributed by atoms with van der Waals surface area (Å²) in [7, 11) is 0. The standard InChI is InChI=1S/C40H72O20/c1-2-6-60-40(44)36-34-37(57-31-28-54-25-22-51-19-16-48-13-10-45-7-3-41)39(59-33-30-56-27-24-53-21-18-50-15-12-47-9-5-43)38(35-36)58-32-29-55-26-23-52-20-17-49-14-11-46-8-4-42/h34-35,41-43H,2-33H2,1H3. The van der Waals surface area contributed by atoms with Gasteiger partial charge in [0.15, 0.2) is 11.5 Å². The molecule has 0 bridgehead atoms. The van der Waals surface area contributed by atoms with Crippen LogP contribution >= 0.6 is 0 Å². The first-order chi connectivity index (χ1) is 29.7. The SMILES string of the molecule is CCCOC(=O)c1cc(OCCOCCOCCOCCOCCO)c(OCCOCCOCCOCCOCCO)c(OCCOCCOCCOCCOCCO)c1. The Bertz CT molecular complexity index is 1020. The summed E-state index contributed by atoms with van der Waals surface area (Å²) in [5.74, 6) is 0.263. The molecule has 0 fully saturated rings. The Labute approximate surface area is 354 Å². The van der Waals surface area contributed by atoms with E-state index >= 15 is 0 Å². The van der Waals surface area contributed by atoms with Crippen LogP contribution in [0.1, 0.15) is 23.7 Å². The summed E-state index contributed by atoms with van der Waals surface area (Å²) in [5, 5.41) is 26.1. The van der Waals surface area contributed by atoms with Crippen molar-refractivity contribution in [3.8, 4) is 17.2 Å². The highest BCUT2D eigenvalue weighted by Crippen LogP contribution is 2.39. The minimum absolute atomic E-state index is 0.0204.